The van der Waals surface area contributed by atoms with Crippen molar-refractivity contribution in [1.29, 1.82) is 0 Å². The molecule has 3 N–H and O–H groups in total. The van der Waals surface area contributed by atoms with Gasteiger partial charge in [0.2, 0.25) is 0 Å². The lowest BCUT2D eigenvalue weighted by molar-refractivity contribution is -0.190. The average molecular weight is 212 g/mol. The van der Waals surface area contributed by atoms with Gasteiger partial charge in [0.25, 0.3) is 0 Å². The number of ether oxygens (including phenoxy) is 1. The first kappa shape index (κ1) is 10.6. The van der Waals surface area contributed by atoms with Crippen LogP contribution in [0.15, 0.2) is 0 Å². The first-order chi connectivity index (χ1) is 5.57. The van der Waals surface area contributed by atoms with Gasteiger partial charge in [0.15, 0.2) is 0 Å². The van der Waals surface area contributed by atoms with E-state index in [0.717, 1.165) is 0 Å². The van der Waals surface area contributed by atoms with Crippen LogP contribution < -0.4 is 0 Å². The molecule has 1 rings (SSSR count). The summed E-state index contributed by atoms with van der Waals surface area (Å²) in [6.45, 7) is 0. The summed E-state index contributed by atoms with van der Waals surface area (Å²) in [5.74, 6) is 0.280. The molecular formula is C6H12O4S2. The highest BCUT2D eigenvalue weighted by Crippen LogP contribution is 2.23. The number of hydrogen-bond acceptors (Lipinski definition) is 6. The van der Waals surface area contributed by atoms with Gasteiger partial charge < -0.3 is 20.1 Å². The van der Waals surface area contributed by atoms with Crippen molar-refractivity contribution >= 4 is 25.3 Å². The van der Waals surface area contributed by atoms with Gasteiger partial charge in [-0.05, 0) is 0 Å². The summed E-state index contributed by atoms with van der Waals surface area (Å²) in [4.78, 5) is 0. The van der Waals surface area contributed by atoms with E-state index < -0.39 is 29.9 Å². The highest BCUT2D eigenvalue weighted by atomic mass is 32.1. The maximum Gasteiger partial charge on any atom is 0.129 e. The Morgan fingerprint density at radius 3 is 2.17 bits per heavy atom. The maximum atomic E-state index is 9.31. The number of aliphatic hydroxyl groups excluding tert-OH is 3. The third kappa shape index (κ3) is 1.89. The van der Waals surface area contributed by atoms with Crippen LogP contribution >= 0.6 is 25.3 Å². The standard InChI is InChI=1S/C6H12O4S2/c7-3-2(1-11)10-6(12)5(9)4(3)8/h2-9,11-12H,1H2/t2?,3-,4?,5+,6+/m1/s1. The normalized spacial score (nSPS) is 49.2. The van der Waals surface area contributed by atoms with Crippen LogP contribution in [-0.4, -0.2) is 50.9 Å². The quantitative estimate of drug-likeness (QED) is 0.349. The van der Waals surface area contributed by atoms with Gasteiger partial charge >= 0.3 is 0 Å². The maximum absolute atomic E-state index is 9.31. The molecule has 0 amide bonds. The number of hydrogen-bond donors (Lipinski definition) is 5. The fourth-order valence-corrected chi connectivity index (χ4v) is 1.72. The predicted molar refractivity (Wildman–Crippen MR) is 49.5 cm³/mol. The van der Waals surface area contributed by atoms with Crippen LogP contribution in [0.1, 0.15) is 0 Å². The van der Waals surface area contributed by atoms with Crippen LogP contribution in [-0.2, 0) is 4.74 Å². The first-order valence-electron chi connectivity index (χ1n) is 3.56. The van der Waals surface area contributed by atoms with Crippen molar-refractivity contribution in [3.63, 3.8) is 0 Å². The lowest BCUT2D eigenvalue weighted by Gasteiger charge is -2.38. The van der Waals surface area contributed by atoms with Gasteiger partial charge in [-0.15, -0.1) is 12.6 Å². The molecule has 12 heavy (non-hydrogen) atoms. The van der Waals surface area contributed by atoms with Crippen molar-refractivity contribution in [3.8, 4) is 0 Å². The molecule has 1 aliphatic heterocycles. The Bertz CT molecular complexity index is 152. The van der Waals surface area contributed by atoms with E-state index >= 15 is 0 Å². The second kappa shape index (κ2) is 4.17. The van der Waals surface area contributed by atoms with Gasteiger partial charge in [0, 0.05) is 5.75 Å². The molecule has 5 atom stereocenters. The zero-order valence-electron chi connectivity index (χ0n) is 6.24. The molecule has 0 aromatic heterocycles. The van der Waals surface area contributed by atoms with Gasteiger partial charge in [-0.1, -0.05) is 0 Å². The third-order valence-electron chi connectivity index (χ3n) is 1.87. The number of thiol groups is 2. The Hall–Kier alpha value is 0.540. The smallest absolute Gasteiger partial charge is 0.129 e. The predicted octanol–water partition coefficient (Wildman–Crippen LogP) is -1.35. The zero-order chi connectivity index (χ0) is 9.30. The number of aliphatic hydroxyl groups is 3. The summed E-state index contributed by atoms with van der Waals surface area (Å²) >= 11 is 7.81. The molecule has 1 saturated heterocycles. The van der Waals surface area contributed by atoms with Crippen LogP contribution in [0, 0.1) is 0 Å². The van der Waals surface area contributed by atoms with E-state index in [0.29, 0.717) is 0 Å². The minimum absolute atomic E-state index is 0.280. The topological polar surface area (TPSA) is 69.9 Å². The van der Waals surface area contributed by atoms with E-state index in [9.17, 15) is 15.3 Å². The van der Waals surface area contributed by atoms with Gasteiger partial charge in [0.05, 0.1) is 6.10 Å². The summed E-state index contributed by atoms with van der Waals surface area (Å²) in [5.41, 5.74) is -0.763. The molecule has 0 aliphatic carbocycles. The molecule has 0 radical (unpaired) electrons. The fraction of sp³-hybridized carbons (Fsp3) is 1.00. The molecule has 6 heteroatoms. The van der Waals surface area contributed by atoms with E-state index in [1.54, 1.807) is 0 Å². The van der Waals surface area contributed by atoms with Crippen LogP contribution in [0.3, 0.4) is 0 Å². The van der Waals surface area contributed by atoms with Crippen LogP contribution in [0.4, 0.5) is 0 Å². The van der Waals surface area contributed by atoms with E-state index in [1.807, 2.05) is 0 Å². The summed E-state index contributed by atoms with van der Waals surface area (Å²) in [7, 11) is 0. The lowest BCUT2D eigenvalue weighted by atomic mass is 10.0. The van der Waals surface area contributed by atoms with E-state index in [-0.39, 0.29) is 5.75 Å². The van der Waals surface area contributed by atoms with E-state index in [2.05, 4.69) is 25.3 Å². The molecule has 72 valence electrons. The van der Waals surface area contributed by atoms with Gasteiger partial charge in [-0.3, -0.25) is 0 Å². The van der Waals surface area contributed by atoms with E-state index in [1.165, 1.54) is 0 Å². The molecule has 1 heterocycles. The first-order valence-corrected chi connectivity index (χ1v) is 4.71. The van der Waals surface area contributed by atoms with Crippen molar-refractivity contribution in [2.24, 2.45) is 0 Å². The Labute approximate surface area is 81.4 Å². The summed E-state index contributed by atoms with van der Waals surface area (Å²) in [6, 6.07) is 0. The third-order valence-corrected chi connectivity index (χ3v) is 2.65. The van der Waals surface area contributed by atoms with Gasteiger partial charge in [0.1, 0.15) is 23.7 Å². The Kier molecular flexibility index (Phi) is 3.69. The van der Waals surface area contributed by atoms with Crippen molar-refractivity contribution in [3.05, 3.63) is 0 Å². The molecular weight excluding hydrogens is 200 g/mol. The minimum Gasteiger partial charge on any atom is -0.388 e. The minimum atomic E-state index is -1.21. The largest absolute Gasteiger partial charge is 0.388 e. The highest BCUT2D eigenvalue weighted by molar-refractivity contribution is 7.81. The van der Waals surface area contributed by atoms with E-state index in [4.69, 9.17) is 4.74 Å². The van der Waals surface area contributed by atoms with Crippen molar-refractivity contribution in [2.45, 2.75) is 29.9 Å². The SMILES string of the molecule is OC1[C@H](O)C(CS)O[C@@H](S)[C@H]1O. The highest BCUT2D eigenvalue weighted by Gasteiger charge is 2.41. The van der Waals surface area contributed by atoms with Crippen molar-refractivity contribution in [2.75, 3.05) is 5.75 Å². The van der Waals surface area contributed by atoms with Crippen molar-refractivity contribution in [1.82, 2.24) is 0 Å². The molecule has 0 saturated carbocycles. The molecule has 0 bridgehead atoms. The van der Waals surface area contributed by atoms with Gasteiger partial charge in [-0.2, -0.15) is 12.6 Å². The Morgan fingerprint density at radius 1 is 1.08 bits per heavy atom. The summed E-state index contributed by atoms with van der Waals surface area (Å²) < 4.78 is 5.06. The van der Waals surface area contributed by atoms with Crippen LogP contribution in [0.2, 0.25) is 0 Å². The second-order valence-electron chi connectivity index (χ2n) is 2.72. The lowest BCUT2D eigenvalue weighted by Crippen LogP contribution is -2.56. The fourth-order valence-electron chi connectivity index (χ4n) is 1.08. The summed E-state index contributed by atoms with van der Waals surface area (Å²) in [6.07, 6.45) is -4.03. The van der Waals surface area contributed by atoms with Crippen LogP contribution in [0.25, 0.3) is 0 Å². The molecule has 0 aromatic carbocycles. The molecule has 0 aromatic rings. The Balaban J connectivity index is 2.63. The van der Waals surface area contributed by atoms with Crippen LogP contribution in [0.5, 0.6) is 0 Å². The number of rotatable bonds is 1. The summed E-state index contributed by atoms with van der Waals surface area (Å²) in [5, 5.41) is 27.8. The monoisotopic (exact) mass is 212 g/mol. The van der Waals surface area contributed by atoms with Crippen molar-refractivity contribution < 1.29 is 20.1 Å². The molecule has 2 unspecified atom stereocenters. The second-order valence-corrected chi connectivity index (χ2v) is 3.59. The molecule has 1 aliphatic rings. The molecule has 0 spiro atoms. The molecule has 4 nitrogen and oxygen atoms in total. The zero-order valence-corrected chi connectivity index (χ0v) is 8.03. The average Bonchev–Trinajstić information content (AvgIpc) is 2.08. The van der Waals surface area contributed by atoms with Gasteiger partial charge in [-0.25, -0.2) is 0 Å². The Morgan fingerprint density at radius 2 is 1.67 bits per heavy atom. The molecule has 1 fully saturated rings.